The second-order valence-corrected chi connectivity index (χ2v) is 9.84. The van der Waals surface area contributed by atoms with Crippen molar-refractivity contribution < 1.29 is 33.1 Å². The molecule has 1 aromatic rings. The zero-order valence-electron chi connectivity index (χ0n) is 19.9. The van der Waals surface area contributed by atoms with Gasteiger partial charge in [-0.15, -0.1) is 4.90 Å². The van der Waals surface area contributed by atoms with Crippen LogP contribution in [0.15, 0.2) is 23.2 Å². The van der Waals surface area contributed by atoms with Crippen LogP contribution in [-0.4, -0.2) is 45.8 Å². The first-order valence-corrected chi connectivity index (χ1v) is 10.5. The van der Waals surface area contributed by atoms with Crippen LogP contribution in [0.3, 0.4) is 0 Å². The number of carbonyl (C=O) groups excluding carboxylic acids is 2. The number of rotatable bonds is 2. The predicted molar refractivity (Wildman–Crippen MR) is 117 cm³/mol. The number of hydrogen-bond acceptors (Lipinski definition) is 8. The normalized spacial score (nSPS) is 19.0. The number of aliphatic imine (C=N–C) groups is 1. The Balaban J connectivity index is 2.61. The maximum Gasteiger partial charge on any atom is 0.428 e. The van der Waals surface area contributed by atoms with E-state index in [-0.39, 0.29) is 24.3 Å². The largest absolute Gasteiger partial charge is 0.464 e. The van der Waals surface area contributed by atoms with E-state index in [2.05, 4.69) is 4.99 Å². The maximum absolute atomic E-state index is 14.8. The van der Waals surface area contributed by atoms with Crippen LogP contribution in [-0.2, 0) is 19.7 Å². The Kier molecular flexibility index (Phi) is 7.35. The Morgan fingerprint density at radius 2 is 1.70 bits per heavy atom. The van der Waals surface area contributed by atoms with Gasteiger partial charge in [0.05, 0.1) is 17.1 Å². The van der Waals surface area contributed by atoms with Crippen molar-refractivity contribution in [2.45, 2.75) is 78.0 Å². The lowest BCUT2D eigenvalue weighted by atomic mass is 9.87. The second-order valence-electron chi connectivity index (χ2n) is 9.84. The molecule has 0 N–H and O–H groups in total. The van der Waals surface area contributed by atoms with Crippen LogP contribution in [0.25, 0.3) is 0 Å². The predicted octanol–water partition coefficient (Wildman–Crippen LogP) is 5.29. The molecule has 0 fully saturated rings. The van der Waals surface area contributed by atoms with Gasteiger partial charge in [0.2, 0.25) is 0 Å². The van der Waals surface area contributed by atoms with Crippen LogP contribution < -0.4 is 0 Å². The Morgan fingerprint density at radius 1 is 1.15 bits per heavy atom. The van der Waals surface area contributed by atoms with E-state index < -0.39 is 45.7 Å². The fourth-order valence-corrected chi connectivity index (χ4v) is 3.07. The molecule has 0 aliphatic carbocycles. The Hall–Kier alpha value is -3.24. The number of benzene rings is 1. The molecule has 1 aliphatic heterocycles. The van der Waals surface area contributed by atoms with Crippen LogP contribution in [0.5, 0.6) is 0 Å². The minimum absolute atomic E-state index is 0.0620. The van der Waals surface area contributed by atoms with Crippen LogP contribution in [0.2, 0.25) is 0 Å². The molecule has 0 radical (unpaired) electrons. The number of nitro benzene ring substituents is 1. The molecule has 1 heterocycles. The lowest BCUT2D eigenvalue weighted by Gasteiger charge is -2.30. The summed E-state index contributed by atoms with van der Waals surface area (Å²) < 4.78 is 31.0. The molecular formula is C22H30FN3O7. The minimum Gasteiger partial charge on any atom is -0.464 e. The van der Waals surface area contributed by atoms with Gasteiger partial charge in [0.1, 0.15) is 17.0 Å². The average molecular weight is 467 g/mol. The number of non-ortho nitro benzene ring substituents is 1. The average Bonchev–Trinajstić information content (AvgIpc) is 2.81. The van der Waals surface area contributed by atoms with Crippen molar-refractivity contribution in [3.8, 4) is 0 Å². The lowest BCUT2D eigenvalue weighted by molar-refractivity contribution is -0.385. The number of nitrogens with zero attached hydrogens (tertiary/aromatic N) is 3. The third kappa shape index (κ3) is 6.87. The number of amidine groups is 1. The van der Waals surface area contributed by atoms with E-state index in [1.807, 2.05) is 0 Å². The highest BCUT2D eigenvalue weighted by atomic mass is 19.1. The molecule has 0 spiro atoms. The number of amides is 2. The Morgan fingerprint density at radius 3 is 2.18 bits per heavy atom. The standard InChI is InChI=1S/C22H30FN3O7/c1-20(2,3)32-18(27)25(19(28)33-21(4,5)6)17-24-22(7,11-8-12-31-17)15-13-14(26(29)30)9-10-16(15)23/h9-10,13H,8,11-12H2,1-7H3/t22-/m0/s1. The first kappa shape index (κ1) is 26.0. The zero-order chi connectivity index (χ0) is 25.2. The fraction of sp³-hybridized carbons (Fsp3) is 0.591. The maximum atomic E-state index is 14.8. The monoisotopic (exact) mass is 467 g/mol. The summed E-state index contributed by atoms with van der Waals surface area (Å²) >= 11 is 0. The lowest BCUT2D eigenvalue weighted by Crippen LogP contribution is -2.48. The summed E-state index contributed by atoms with van der Waals surface area (Å²) in [4.78, 5) is 41.4. The fourth-order valence-electron chi connectivity index (χ4n) is 3.07. The van der Waals surface area contributed by atoms with E-state index in [0.717, 1.165) is 18.2 Å². The molecule has 2 amide bonds. The first-order chi connectivity index (χ1) is 15.0. The molecule has 1 aliphatic rings. The molecule has 1 atom stereocenters. The quantitative estimate of drug-likeness (QED) is 0.428. The van der Waals surface area contributed by atoms with Crippen molar-refractivity contribution in [1.29, 1.82) is 0 Å². The van der Waals surface area contributed by atoms with Gasteiger partial charge in [-0.05, 0) is 67.4 Å². The summed E-state index contributed by atoms with van der Waals surface area (Å²) in [5.74, 6) is -0.714. The number of halogens is 1. The van der Waals surface area contributed by atoms with Gasteiger partial charge in [-0.1, -0.05) is 0 Å². The second kappa shape index (κ2) is 9.32. The molecule has 2 rings (SSSR count). The zero-order valence-corrected chi connectivity index (χ0v) is 19.9. The summed E-state index contributed by atoms with van der Waals surface area (Å²) in [7, 11) is 0. The Bertz CT molecular complexity index is 938. The molecule has 11 heteroatoms. The number of imide groups is 1. The molecule has 10 nitrogen and oxygen atoms in total. The van der Waals surface area contributed by atoms with Crippen molar-refractivity contribution in [2.75, 3.05) is 6.61 Å². The smallest absolute Gasteiger partial charge is 0.428 e. The highest BCUT2D eigenvalue weighted by Gasteiger charge is 2.41. The van der Waals surface area contributed by atoms with Crippen LogP contribution in [0.1, 0.15) is 66.9 Å². The van der Waals surface area contributed by atoms with E-state index in [0.29, 0.717) is 11.3 Å². The third-order valence-electron chi connectivity index (χ3n) is 4.47. The number of ether oxygens (including phenoxy) is 3. The topological polar surface area (TPSA) is 121 Å². The van der Waals surface area contributed by atoms with Gasteiger partial charge in [-0.3, -0.25) is 10.1 Å². The molecule has 33 heavy (non-hydrogen) atoms. The van der Waals surface area contributed by atoms with E-state index in [1.165, 1.54) is 0 Å². The van der Waals surface area contributed by atoms with E-state index in [1.54, 1.807) is 48.5 Å². The third-order valence-corrected chi connectivity index (χ3v) is 4.47. The SMILES string of the molecule is CC(C)(C)OC(=O)N(C(=O)OC(C)(C)C)C1=N[C@](C)(c2cc([N+](=O)[O-])ccc2F)CCCO1. The van der Waals surface area contributed by atoms with Crippen molar-refractivity contribution >= 4 is 23.9 Å². The van der Waals surface area contributed by atoms with Crippen LogP contribution in [0.4, 0.5) is 19.7 Å². The van der Waals surface area contributed by atoms with Gasteiger partial charge in [0.15, 0.2) is 0 Å². The molecule has 0 saturated carbocycles. The Labute approximate surface area is 191 Å². The van der Waals surface area contributed by atoms with Crippen molar-refractivity contribution in [2.24, 2.45) is 4.99 Å². The van der Waals surface area contributed by atoms with E-state index in [4.69, 9.17) is 14.2 Å². The highest BCUT2D eigenvalue weighted by molar-refractivity contribution is 6.06. The van der Waals surface area contributed by atoms with Crippen molar-refractivity contribution in [1.82, 2.24) is 4.90 Å². The molecule has 0 aromatic heterocycles. The van der Waals surface area contributed by atoms with Gasteiger partial charge in [0.25, 0.3) is 5.69 Å². The molecular weight excluding hydrogens is 437 g/mol. The van der Waals surface area contributed by atoms with Gasteiger partial charge in [0, 0.05) is 17.7 Å². The highest BCUT2D eigenvalue weighted by Crippen LogP contribution is 2.36. The summed E-state index contributed by atoms with van der Waals surface area (Å²) in [6, 6.07) is 2.68. The molecule has 1 aromatic carbocycles. The summed E-state index contributed by atoms with van der Waals surface area (Å²) in [6.45, 7) is 11.3. The number of nitro groups is 1. The molecule has 0 bridgehead atoms. The van der Waals surface area contributed by atoms with Crippen molar-refractivity contribution in [3.63, 3.8) is 0 Å². The molecule has 182 valence electrons. The molecule has 0 unspecified atom stereocenters. The minimum atomic E-state index is -1.37. The van der Waals surface area contributed by atoms with Gasteiger partial charge >= 0.3 is 18.2 Å². The van der Waals surface area contributed by atoms with Gasteiger partial charge in [-0.25, -0.2) is 19.0 Å². The van der Waals surface area contributed by atoms with Gasteiger partial charge < -0.3 is 14.2 Å². The summed E-state index contributed by atoms with van der Waals surface area (Å²) in [6.07, 6.45) is -1.55. The van der Waals surface area contributed by atoms with Gasteiger partial charge in [-0.2, -0.15) is 0 Å². The van der Waals surface area contributed by atoms with Crippen LogP contribution >= 0.6 is 0 Å². The van der Waals surface area contributed by atoms with Crippen molar-refractivity contribution in [3.05, 3.63) is 39.7 Å². The van der Waals surface area contributed by atoms with E-state index >= 15 is 0 Å². The number of carbonyl (C=O) groups is 2. The molecule has 0 saturated heterocycles. The number of hydrogen-bond donors (Lipinski definition) is 0. The summed E-state index contributed by atoms with van der Waals surface area (Å²) in [5.41, 5.74) is -3.64. The summed E-state index contributed by atoms with van der Waals surface area (Å²) in [5, 5.41) is 11.2. The van der Waals surface area contributed by atoms with Crippen LogP contribution in [0, 0.1) is 15.9 Å². The van der Waals surface area contributed by atoms with E-state index in [9.17, 15) is 24.1 Å². The first-order valence-electron chi connectivity index (χ1n) is 10.5.